The molecule has 0 heterocycles. The minimum atomic E-state index is 0.0570. The molecule has 4 heteroatoms. The number of carbonyl (C=O) groups excluding carboxylic acids is 1. The Morgan fingerprint density at radius 1 is 1.10 bits per heavy atom. The Kier molecular flexibility index (Phi) is 6.00. The van der Waals surface area contributed by atoms with Gasteiger partial charge in [-0.05, 0) is 53.0 Å². The van der Waals surface area contributed by atoms with Crippen molar-refractivity contribution in [3.05, 3.63) is 68.6 Å². The number of amides is 1. The molecule has 0 N–H and O–H groups in total. The molecule has 0 aliphatic heterocycles. The SMILES string of the molecule is CCN(CCc1ccccc1)C(=O)c1cc(Br)ccc1Br. The first kappa shape index (κ1) is 16.2. The van der Waals surface area contributed by atoms with E-state index in [-0.39, 0.29) is 5.91 Å². The lowest BCUT2D eigenvalue weighted by Gasteiger charge is -2.21. The molecule has 110 valence electrons. The molecule has 2 nitrogen and oxygen atoms in total. The van der Waals surface area contributed by atoms with Gasteiger partial charge < -0.3 is 4.90 Å². The van der Waals surface area contributed by atoms with Crippen molar-refractivity contribution in [2.24, 2.45) is 0 Å². The summed E-state index contributed by atoms with van der Waals surface area (Å²) in [6.07, 6.45) is 0.867. The Hall–Kier alpha value is -1.13. The van der Waals surface area contributed by atoms with Gasteiger partial charge in [0.25, 0.3) is 5.91 Å². The molecular formula is C17H17Br2NO. The molecule has 21 heavy (non-hydrogen) atoms. The standard InChI is InChI=1S/C17H17Br2NO/c1-2-20(11-10-13-6-4-3-5-7-13)17(21)15-12-14(18)8-9-16(15)19/h3-9,12H,2,10-11H2,1H3. The maximum Gasteiger partial charge on any atom is 0.255 e. The van der Waals surface area contributed by atoms with Gasteiger partial charge in [0.2, 0.25) is 0 Å². The zero-order valence-corrected chi connectivity index (χ0v) is 15.0. The van der Waals surface area contributed by atoms with Gasteiger partial charge in [-0.25, -0.2) is 0 Å². The second-order valence-electron chi connectivity index (χ2n) is 4.74. The third-order valence-electron chi connectivity index (χ3n) is 3.34. The van der Waals surface area contributed by atoms with Crippen LogP contribution in [-0.2, 0) is 6.42 Å². The first-order valence-corrected chi connectivity index (χ1v) is 8.48. The van der Waals surface area contributed by atoms with Crippen molar-refractivity contribution in [1.29, 1.82) is 0 Å². The topological polar surface area (TPSA) is 20.3 Å². The van der Waals surface area contributed by atoms with E-state index in [4.69, 9.17) is 0 Å². The third kappa shape index (κ3) is 4.42. The Balaban J connectivity index is 2.10. The van der Waals surface area contributed by atoms with E-state index >= 15 is 0 Å². The van der Waals surface area contributed by atoms with Gasteiger partial charge in [0.15, 0.2) is 0 Å². The van der Waals surface area contributed by atoms with Crippen molar-refractivity contribution in [3.8, 4) is 0 Å². The Labute approximate surface area is 142 Å². The summed E-state index contributed by atoms with van der Waals surface area (Å²) in [7, 11) is 0. The minimum absolute atomic E-state index is 0.0570. The smallest absolute Gasteiger partial charge is 0.255 e. The number of likely N-dealkylation sites (N-methyl/N-ethyl adjacent to an activating group) is 1. The molecule has 0 atom stereocenters. The van der Waals surface area contributed by atoms with Crippen LogP contribution in [0.15, 0.2) is 57.5 Å². The van der Waals surface area contributed by atoms with E-state index in [2.05, 4.69) is 44.0 Å². The molecule has 0 saturated carbocycles. The molecular weight excluding hydrogens is 394 g/mol. The van der Waals surface area contributed by atoms with E-state index in [9.17, 15) is 4.79 Å². The van der Waals surface area contributed by atoms with Crippen LogP contribution in [0.1, 0.15) is 22.8 Å². The van der Waals surface area contributed by atoms with Crippen LogP contribution in [0.5, 0.6) is 0 Å². The fraction of sp³-hybridized carbons (Fsp3) is 0.235. The molecule has 2 aromatic carbocycles. The predicted molar refractivity (Wildman–Crippen MR) is 93.6 cm³/mol. The lowest BCUT2D eigenvalue weighted by atomic mass is 10.1. The lowest BCUT2D eigenvalue weighted by Crippen LogP contribution is -2.33. The highest BCUT2D eigenvalue weighted by Gasteiger charge is 2.17. The molecule has 2 rings (SSSR count). The molecule has 1 amide bonds. The highest BCUT2D eigenvalue weighted by atomic mass is 79.9. The summed E-state index contributed by atoms with van der Waals surface area (Å²) in [6, 6.07) is 15.9. The number of carbonyl (C=O) groups is 1. The van der Waals surface area contributed by atoms with Gasteiger partial charge in [0.05, 0.1) is 5.56 Å². The number of hydrogen-bond donors (Lipinski definition) is 0. The van der Waals surface area contributed by atoms with Gasteiger partial charge in [0, 0.05) is 22.0 Å². The highest BCUT2D eigenvalue weighted by Crippen LogP contribution is 2.23. The van der Waals surface area contributed by atoms with Crippen molar-refractivity contribution in [1.82, 2.24) is 4.90 Å². The highest BCUT2D eigenvalue weighted by molar-refractivity contribution is 9.11. The first-order chi connectivity index (χ1) is 10.1. The van der Waals surface area contributed by atoms with Crippen LogP contribution in [0.25, 0.3) is 0 Å². The van der Waals surface area contributed by atoms with Gasteiger partial charge in [-0.2, -0.15) is 0 Å². The number of benzene rings is 2. The number of nitrogens with zero attached hydrogens (tertiary/aromatic N) is 1. The zero-order chi connectivity index (χ0) is 15.2. The summed E-state index contributed by atoms with van der Waals surface area (Å²) >= 11 is 6.88. The summed E-state index contributed by atoms with van der Waals surface area (Å²) in [5.41, 5.74) is 1.94. The van der Waals surface area contributed by atoms with Gasteiger partial charge >= 0.3 is 0 Å². The molecule has 0 bridgehead atoms. The van der Waals surface area contributed by atoms with Crippen LogP contribution < -0.4 is 0 Å². The fourth-order valence-electron chi connectivity index (χ4n) is 2.14. The number of rotatable bonds is 5. The van der Waals surface area contributed by atoms with Crippen molar-refractivity contribution in [2.45, 2.75) is 13.3 Å². The van der Waals surface area contributed by atoms with E-state index in [0.29, 0.717) is 12.1 Å². The number of hydrogen-bond acceptors (Lipinski definition) is 1. The monoisotopic (exact) mass is 409 g/mol. The second kappa shape index (κ2) is 7.76. The summed E-state index contributed by atoms with van der Waals surface area (Å²) < 4.78 is 1.74. The molecule has 0 unspecified atom stereocenters. The average Bonchev–Trinajstić information content (AvgIpc) is 2.51. The first-order valence-electron chi connectivity index (χ1n) is 6.90. The van der Waals surface area contributed by atoms with Crippen LogP contribution >= 0.6 is 31.9 Å². The van der Waals surface area contributed by atoms with Crippen LogP contribution in [0.2, 0.25) is 0 Å². The summed E-state index contributed by atoms with van der Waals surface area (Å²) in [5.74, 6) is 0.0570. The summed E-state index contributed by atoms with van der Waals surface area (Å²) in [6.45, 7) is 3.43. The molecule has 0 fully saturated rings. The second-order valence-corrected chi connectivity index (χ2v) is 6.51. The maximum atomic E-state index is 12.6. The van der Waals surface area contributed by atoms with Gasteiger partial charge in [0.1, 0.15) is 0 Å². The molecule has 0 aliphatic carbocycles. The quantitative estimate of drug-likeness (QED) is 0.685. The maximum absolute atomic E-state index is 12.6. The summed E-state index contributed by atoms with van der Waals surface area (Å²) in [4.78, 5) is 14.5. The molecule has 0 aliphatic rings. The largest absolute Gasteiger partial charge is 0.339 e. The van der Waals surface area contributed by atoms with Crippen LogP contribution in [-0.4, -0.2) is 23.9 Å². The Morgan fingerprint density at radius 2 is 1.81 bits per heavy atom. The van der Waals surface area contributed by atoms with Crippen molar-refractivity contribution < 1.29 is 4.79 Å². The lowest BCUT2D eigenvalue weighted by molar-refractivity contribution is 0.0765. The average molecular weight is 411 g/mol. The molecule has 2 aromatic rings. The van der Waals surface area contributed by atoms with E-state index in [1.54, 1.807) is 0 Å². The molecule has 0 aromatic heterocycles. The van der Waals surface area contributed by atoms with E-state index < -0.39 is 0 Å². The summed E-state index contributed by atoms with van der Waals surface area (Å²) in [5, 5.41) is 0. The van der Waals surface area contributed by atoms with Gasteiger partial charge in [-0.3, -0.25) is 4.79 Å². The third-order valence-corrected chi connectivity index (χ3v) is 4.53. The molecule has 0 spiro atoms. The Bertz CT molecular complexity index is 613. The van der Waals surface area contributed by atoms with Crippen molar-refractivity contribution in [3.63, 3.8) is 0 Å². The Morgan fingerprint density at radius 3 is 2.48 bits per heavy atom. The van der Waals surface area contributed by atoms with E-state index in [1.165, 1.54) is 5.56 Å². The van der Waals surface area contributed by atoms with E-state index in [0.717, 1.165) is 21.9 Å². The zero-order valence-electron chi connectivity index (χ0n) is 11.9. The van der Waals surface area contributed by atoms with Gasteiger partial charge in [-0.15, -0.1) is 0 Å². The number of halogens is 2. The van der Waals surface area contributed by atoms with Gasteiger partial charge in [-0.1, -0.05) is 46.3 Å². The van der Waals surface area contributed by atoms with Crippen LogP contribution in [0.4, 0.5) is 0 Å². The predicted octanol–water partition coefficient (Wildman–Crippen LogP) is 4.92. The van der Waals surface area contributed by atoms with Crippen molar-refractivity contribution in [2.75, 3.05) is 13.1 Å². The molecule has 0 radical (unpaired) electrons. The minimum Gasteiger partial charge on any atom is -0.339 e. The normalized spacial score (nSPS) is 10.4. The fourth-order valence-corrected chi connectivity index (χ4v) is 2.92. The van der Waals surface area contributed by atoms with Crippen molar-refractivity contribution >= 4 is 37.8 Å². The molecule has 0 saturated heterocycles. The van der Waals surface area contributed by atoms with E-state index in [1.807, 2.05) is 48.2 Å². The van der Waals surface area contributed by atoms with Crippen LogP contribution in [0, 0.1) is 0 Å². The van der Waals surface area contributed by atoms with Crippen LogP contribution in [0.3, 0.4) is 0 Å².